The summed E-state index contributed by atoms with van der Waals surface area (Å²) in [5.74, 6) is 1.08. The predicted octanol–water partition coefficient (Wildman–Crippen LogP) is 3.53. The van der Waals surface area contributed by atoms with E-state index in [1.54, 1.807) is 73.5 Å². The summed E-state index contributed by atoms with van der Waals surface area (Å²) in [6.45, 7) is 4.03. The summed E-state index contributed by atoms with van der Waals surface area (Å²) < 4.78 is 45.7. The van der Waals surface area contributed by atoms with Gasteiger partial charge in [0.15, 0.2) is 11.5 Å². The van der Waals surface area contributed by atoms with Crippen molar-refractivity contribution in [3.8, 4) is 17.2 Å². The Balaban J connectivity index is 1.38. The first-order chi connectivity index (χ1) is 21.0. The van der Waals surface area contributed by atoms with Crippen LogP contribution in [0.1, 0.15) is 19.4 Å². The lowest BCUT2D eigenvalue weighted by molar-refractivity contribution is -0.134. The van der Waals surface area contributed by atoms with Gasteiger partial charge in [-0.15, -0.1) is 0 Å². The first kappa shape index (κ1) is 31.0. The van der Waals surface area contributed by atoms with Crippen molar-refractivity contribution in [2.75, 3.05) is 43.6 Å². The first-order valence-corrected chi connectivity index (χ1v) is 15.7. The van der Waals surface area contributed by atoms with Gasteiger partial charge in [0.05, 0.1) is 30.5 Å². The van der Waals surface area contributed by atoms with Gasteiger partial charge < -0.3 is 34.4 Å². The number of carbonyl (C=O) groups excluding carboxylic acids is 2. The van der Waals surface area contributed by atoms with Crippen molar-refractivity contribution in [1.82, 2.24) is 9.80 Å². The lowest BCUT2D eigenvalue weighted by Gasteiger charge is -2.34. The summed E-state index contributed by atoms with van der Waals surface area (Å²) in [7, 11) is -2.22. The lowest BCUT2D eigenvalue weighted by atomic mass is 10.0. The van der Waals surface area contributed by atoms with Gasteiger partial charge in [0, 0.05) is 42.5 Å². The number of fused-ring (bicyclic) bond motifs is 2. The van der Waals surface area contributed by atoms with E-state index >= 15 is 0 Å². The third-order valence-corrected chi connectivity index (χ3v) is 9.04. The number of sulfonamides is 1. The Bertz CT molecular complexity index is 1620. The molecule has 0 radical (unpaired) electrons. The topological polar surface area (TPSA) is 147 Å². The smallest absolute Gasteiger partial charge is 0.321 e. The van der Waals surface area contributed by atoms with Crippen LogP contribution in [0.25, 0.3) is 0 Å². The molecule has 3 N–H and O–H groups in total. The third kappa shape index (κ3) is 7.00. The monoisotopic (exact) mass is 624 g/mol. The summed E-state index contributed by atoms with van der Waals surface area (Å²) in [5.41, 5.74) is 1.29. The molecule has 0 fully saturated rings. The van der Waals surface area contributed by atoms with Crippen molar-refractivity contribution in [2.45, 2.75) is 37.3 Å². The van der Waals surface area contributed by atoms with E-state index in [4.69, 9.17) is 14.2 Å². The number of anilines is 2. The van der Waals surface area contributed by atoms with E-state index < -0.39 is 22.2 Å². The van der Waals surface area contributed by atoms with Crippen LogP contribution < -0.4 is 24.2 Å². The largest absolute Gasteiger partial charge is 0.488 e. The number of hydrogen-bond donors (Lipinski definition) is 3. The van der Waals surface area contributed by atoms with E-state index in [2.05, 4.69) is 10.0 Å². The molecule has 2 heterocycles. The van der Waals surface area contributed by atoms with Crippen molar-refractivity contribution in [3.05, 3.63) is 72.3 Å². The van der Waals surface area contributed by atoms with Gasteiger partial charge in [0.25, 0.3) is 10.0 Å². The molecule has 3 amide bonds. The van der Waals surface area contributed by atoms with Crippen LogP contribution in [0.2, 0.25) is 0 Å². The van der Waals surface area contributed by atoms with E-state index in [9.17, 15) is 23.1 Å². The highest BCUT2D eigenvalue weighted by Gasteiger charge is 2.32. The molecule has 0 bridgehead atoms. The number of amides is 3. The molecule has 3 atom stereocenters. The summed E-state index contributed by atoms with van der Waals surface area (Å²) >= 11 is 0. The van der Waals surface area contributed by atoms with Gasteiger partial charge in [-0.3, -0.25) is 9.52 Å². The molecule has 234 valence electrons. The number of aliphatic hydroxyl groups is 1. The Morgan fingerprint density at radius 3 is 2.50 bits per heavy atom. The van der Waals surface area contributed by atoms with Crippen molar-refractivity contribution < 1.29 is 37.3 Å². The Hall–Kier alpha value is -4.49. The van der Waals surface area contributed by atoms with Gasteiger partial charge in [-0.05, 0) is 49.4 Å². The second kappa shape index (κ2) is 13.0. The maximum Gasteiger partial charge on any atom is 0.321 e. The van der Waals surface area contributed by atoms with E-state index in [0.717, 1.165) is 0 Å². The van der Waals surface area contributed by atoms with Crippen molar-refractivity contribution >= 4 is 33.3 Å². The Kier molecular flexibility index (Phi) is 9.16. The maximum absolute atomic E-state index is 13.5. The van der Waals surface area contributed by atoms with E-state index in [0.29, 0.717) is 28.5 Å². The van der Waals surface area contributed by atoms with Crippen LogP contribution in [-0.4, -0.2) is 80.9 Å². The van der Waals surface area contributed by atoms with Crippen molar-refractivity contribution in [2.24, 2.45) is 5.92 Å². The van der Waals surface area contributed by atoms with Crippen LogP contribution in [0, 0.1) is 5.92 Å². The van der Waals surface area contributed by atoms with Crippen LogP contribution in [0.4, 0.5) is 16.2 Å². The second-order valence-electron chi connectivity index (χ2n) is 11.0. The number of nitrogens with zero attached hydrogens (tertiary/aromatic N) is 2. The molecule has 5 rings (SSSR count). The second-order valence-corrected chi connectivity index (χ2v) is 12.7. The van der Waals surface area contributed by atoms with E-state index in [-0.39, 0.29) is 61.3 Å². The molecule has 0 spiro atoms. The van der Waals surface area contributed by atoms with Crippen molar-refractivity contribution in [3.63, 3.8) is 0 Å². The van der Waals surface area contributed by atoms with Crippen LogP contribution in [0.3, 0.4) is 0 Å². The van der Waals surface area contributed by atoms with Crippen LogP contribution in [0.5, 0.6) is 17.2 Å². The van der Waals surface area contributed by atoms with E-state index in [1.165, 1.54) is 17.0 Å². The fraction of sp³-hybridized carbons (Fsp3) is 0.355. The molecule has 13 heteroatoms. The normalized spacial score (nSPS) is 18.6. The van der Waals surface area contributed by atoms with Gasteiger partial charge in [-0.2, -0.15) is 0 Å². The van der Waals surface area contributed by atoms with Gasteiger partial charge in [-0.25, -0.2) is 13.2 Å². The van der Waals surface area contributed by atoms with Crippen LogP contribution in [0.15, 0.2) is 71.6 Å². The zero-order valence-electron chi connectivity index (χ0n) is 24.7. The van der Waals surface area contributed by atoms with Gasteiger partial charge in [0.2, 0.25) is 12.7 Å². The molecule has 3 aromatic carbocycles. The highest BCUT2D eigenvalue weighted by atomic mass is 32.2. The molecule has 0 saturated heterocycles. The van der Waals surface area contributed by atoms with Gasteiger partial charge >= 0.3 is 6.03 Å². The average Bonchev–Trinajstić information content (AvgIpc) is 3.49. The van der Waals surface area contributed by atoms with E-state index in [1.807, 2.05) is 6.92 Å². The van der Waals surface area contributed by atoms with Crippen LogP contribution >= 0.6 is 0 Å². The standard InChI is InChI=1S/C31H36N4O8S/c1-20-16-35(21(2)18-36)30(37)14-22-13-24(33-44(39,40)25-7-5-4-6-8-25)10-11-26(22)43-29(20)17-34(3)31(38)32-23-9-12-27-28(15-23)42-19-41-27/h4-13,15,20-21,29,33,36H,14,16-19H2,1-3H3,(H,32,38)/t20-,21-,29+/m1/s1. The number of rotatable bonds is 8. The average molecular weight is 625 g/mol. The molecular formula is C31H36N4O8S. The summed E-state index contributed by atoms with van der Waals surface area (Å²) in [4.78, 5) is 29.8. The minimum atomic E-state index is -3.86. The number of nitrogens with one attached hydrogen (secondary N) is 2. The lowest BCUT2D eigenvalue weighted by Crippen LogP contribution is -2.48. The molecule has 44 heavy (non-hydrogen) atoms. The first-order valence-electron chi connectivity index (χ1n) is 14.2. The zero-order chi connectivity index (χ0) is 31.4. The Labute approximate surface area is 256 Å². The molecule has 0 aliphatic carbocycles. The van der Waals surface area contributed by atoms with Gasteiger partial charge in [-0.1, -0.05) is 25.1 Å². The summed E-state index contributed by atoms with van der Waals surface area (Å²) in [6.07, 6.45) is -0.618. The highest BCUT2D eigenvalue weighted by molar-refractivity contribution is 7.92. The fourth-order valence-electron chi connectivity index (χ4n) is 5.07. The minimum Gasteiger partial charge on any atom is -0.488 e. The Morgan fingerprint density at radius 2 is 1.75 bits per heavy atom. The number of likely N-dealkylation sites (N-methyl/N-ethyl adjacent to an activating group) is 1. The van der Waals surface area contributed by atoms with Crippen molar-refractivity contribution in [1.29, 1.82) is 0 Å². The molecule has 0 saturated carbocycles. The number of aliphatic hydroxyl groups excluding tert-OH is 1. The minimum absolute atomic E-state index is 0.0690. The number of carbonyl (C=O) groups is 2. The fourth-order valence-corrected chi connectivity index (χ4v) is 6.14. The number of hydrogen-bond acceptors (Lipinski definition) is 8. The molecule has 0 unspecified atom stereocenters. The predicted molar refractivity (Wildman–Crippen MR) is 163 cm³/mol. The molecule has 3 aromatic rings. The molecule has 12 nitrogen and oxygen atoms in total. The number of urea groups is 1. The third-order valence-electron chi connectivity index (χ3n) is 7.65. The Morgan fingerprint density at radius 1 is 1.05 bits per heavy atom. The van der Waals surface area contributed by atoms with Gasteiger partial charge in [0.1, 0.15) is 11.9 Å². The highest BCUT2D eigenvalue weighted by Crippen LogP contribution is 2.34. The molecule has 0 aromatic heterocycles. The molecule has 2 aliphatic rings. The number of benzene rings is 3. The molecular weight excluding hydrogens is 588 g/mol. The zero-order valence-corrected chi connectivity index (χ0v) is 25.5. The maximum atomic E-state index is 13.5. The van der Waals surface area contributed by atoms with Crippen LogP contribution in [-0.2, 0) is 21.2 Å². The quantitative estimate of drug-likeness (QED) is 0.345. The number of ether oxygens (including phenoxy) is 3. The summed E-state index contributed by atoms with van der Waals surface area (Å²) in [5, 5.41) is 12.8. The molecule has 2 aliphatic heterocycles. The SMILES string of the molecule is C[C@@H]1CN([C@H](C)CO)C(=O)Cc2cc(NS(=O)(=O)c3ccccc3)ccc2O[C@H]1CN(C)C(=O)Nc1ccc2c(c1)OCO2. The summed E-state index contributed by atoms with van der Waals surface area (Å²) in [6, 6.07) is 17.1.